The van der Waals surface area contributed by atoms with Crippen LogP contribution in [0.1, 0.15) is 111 Å². The van der Waals surface area contributed by atoms with Crippen LogP contribution in [0.25, 0.3) is 0 Å². The van der Waals surface area contributed by atoms with Gasteiger partial charge in [-0.1, -0.05) is 66.5 Å². The summed E-state index contributed by atoms with van der Waals surface area (Å²) >= 11 is 0. The highest BCUT2D eigenvalue weighted by Crippen LogP contribution is 2.85. The number of allylic oxidation sites excluding steroid dienone is 18. The van der Waals surface area contributed by atoms with Crippen LogP contribution < -0.4 is 0 Å². The standard InChI is InChI=1S/C41H50/c1-17-19(3)27-22(6)29-35-31(39(13,14)37(29,9)10)24(8)32-36-30(38(11,12)40(32,15)16)23(7)28-20(4)18(2)26-21(5)25(17)33(27)41(35,36)34(26)28/h33,36H,1-16H3/t33-,36+,41?/m0/s1. The highest BCUT2D eigenvalue weighted by molar-refractivity contribution is 5.89. The first kappa shape index (κ1) is 26.3. The Morgan fingerprint density at radius 2 is 0.805 bits per heavy atom. The molecule has 0 aliphatic heterocycles. The van der Waals surface area contributed by atoms with Crippen LogP contribution in [0.3, 0.4) is 0 Å². The molecule has 0 aromatic rings. The van der Waals surface area contributed by atoms with E-state index >= 15 is 0 Å². The number of hydrogen-bond acceptors (Lipinski definition) is 0. The lowest BCUT2D eigenvalue weighted by Gasteiger charge is -2.60. The molecule has 41 heavy (non-hydrogen) atoms. The van der Waals surface area contributed by atoms with Gasteiger partial charge < -0.3 is 0 Å². The van der Waals surface area contributed by atoms with Crippen molar-refractivity contribution in [2.75, 3.05) is 0 Å². The second kappa shape index (κ2) is 6.59. The van der Waals surface area contributed by atoms with Crippen molar-refractivity contribution in [3.8, 4) is 0 Å². The van der Waals surface area contributed by atoms with E-state index in [-0.39, 0.29) is 27.1 Å². The highest BCUT2D eigenvalue weighted by atomic mass is 14.8. The smallest absolute Gasteiger partial charge is 0.0433 e. The second-order valence-electron chi connectivity index (χ2n) is 17.1. The fourth-order valence-electron chi connectivity index (χ4n) is 12.5. The lowest BCUT2D eigenvalue weighted by Crippen LogP contribution is -2.52. The third kappa shape index (κ3) is 2.08. The van der Waals surface area contributed by atoms with Crippen molar-refractivity contribution < 1.29 is 0 Å². The molecule has 3 atom stereocenters. The Morgan fingerprint density at radius 3 is 1.37 bits per heavy atom. The van der Waals surface area contributed by atoms with Gasteiger partial charge in [-0.25, -0.2) is 0 Å². The average Bonchev–Trinajstić information content (AvgIpc) is 3.40. The second-order valence-corrected chi connectivity index (χ2v) is 17.1. The van der Waals surface area contributed by atoms with Crippen LogP contribution >= 0.6 is 0 Å². The van der Waals surface area contributed by atoms with Gasteiger partial charge in [0, 0.05) is 17.3 Å². The summed E-state index contributed by atoms with van der Waals surface area (Å²) in [5.74, 6) is 0.836. The van der Waals surface area contributed by atoms with Gasteiger partial charge in [0.2, 0.25) is 0 Å². The molecule has 1 spiro atoms. The maximum atomic E-state index is 2.59. The fourth-order valence-corrected chi connectivity index (χ4v) is 12.5. The van der Waals surface area contributed by atoms with Crippen LogP contribution in [-0.4, -0.2) is 0 Å². The van der Waals surface area contributed by atoms with Gasteiger partial charge in [-0.15, -0.1) is 0 Å². The Morgan fingerprint density at radius 1 is 0.341 bits per heavy atom. The Kier molecular flexibility index (Phi) is 4.23. The molecular formula is C41H50. The molecule has 0 nitrogen and oxygen atoms in total. The SMILES string of the molecule is CC1=C(C)C2=C3C1=C(C)C1=C(C)C(C)=C4C(C)=C5C6=C(C(C)=C7[C@@H](C(=C2C)C(C)(C)C7(C)C)C36[C@@H]14)C(C)(C)C5(C)C. The van der Waals surface area contributed by atoms with Gasteiger partial charge in [-0.05, 0) is 166 Å². The van der Waals surface area contributed by atoms with Gasteiger partial charge in [0.15, 0.2) is 0 Å². The summed E-state index contributed by atoms with van der Waals surface area (Å²) in [6, 6.07) is 0. The summed E-state index contributed by atoms with van der Waals surface area (Å²) in [5, 5.41) is 0. The first-order valence-electron chi connectivity index (χ1n) is 16.2. The van der Waals surface area contributed by atoms with E-state index in [0.29, 0.717) is 11.8 Å². The minimum absolute atomic E-state index is 0.0498. The zero-order chi connectivity index (χ0) is 30.0. The molecule has 8 rings (SSSR count). The van der Waals surface area contributed by atoms with Crippen molar-refractivity contribution in [1.29, 1.82) is 0 Å². The minimum Gasteiger partial charge on any atom is -0.0553 e. The largest absolute Gasteiger partial charge is 0.0553 e. The van der Waals surface area contributed by atoms with E-state index in [1.807, 2.05) is 0 Å². The predicted octanol–water partition coefficient (Wildman–Crippen LogP) is 11.2. The summed E-state index contributed by atoms with van der Waals surface area (Å²) in [5.41, 5.74) is 29.6. The zero-order valence-electron chi connectivity index (χ0n) is 28.7. The monoisotopic (exact) mass is 542 g/mol. The van der Waals surface area contributed by atoms with E-state index in [1.54, 1.807) is 89.2 Å². The Labute approximate surface area is 249 Å². The summed E-state index contributed by atoms with van der Waals surface area (Å²) < 4.78 is 0. The van der Waals surface area contributed by atoms with E-state index in [2.05, 4.69) is 111 Å². The van der Waals surface area contributed by atoms with Crippen molar-refractivity contribution in [3.05, 3.63) is 100 Å². The molecular weight excluding hydrogens is 492 g/mol. The van der Waals surface area contributed by atoms with Crippen LogP contribution in [0, 0.1) is 38.9 Å². The third-order valence-electron chi connectivity index (χ3n) is 15.4. The Bertz CT molecular complexity index is 1820. The minimum atomic E-state index is -0.0587. The van der Waals surface area contributed by atoms with E-state index in [0.717, 1.165) is 0 Å². The molecule has 0 saturated heterocycles. The summed E-state index contributed by atoms with van der Waals surface area (Å²) in [4.78, 5) is 0. The number of rotatable bonds is 0. The lowest BCUT2D eigenvalue weighted by molar-refractivity contribution is 0.215. The molecule has 0 heterocycles. The highest BCUT2D eigenvalue weighted by Gasteiger charge is 2.76. The predicted molar refractivity (Wildman–Crippen MR) is 173 cm³/mol. The number of hydrogen-bond donors (Lipinski definition) is 0. The van der Waals surface area contributed by atoms with E-state index in [9.17, 15) is 0 Å². The van der Waals surface area contributed by atoms with Crippen LogP contribution in [-0.2, 0) is 0 Å². The molecule has 1 unspecified atom stereocenters. The maximum absolute atomic E-state index is 2.59. The van der Waals surface area contributed by atoms with Gasteiger partial charge in [0.05, 0.1) is 0 Å². The van der Waals surface area contributed by atoms with E-state index in [1.165, 1.54) is 11.1 Å². The first-order valence-corrected chi connectivity index (χ1v) is 16.2. The third-order valence-corrected chi connectivity index (χ3v) is 15.4. The van der Waals surface area contributed by atoms with Crippen molar-refractivity contribution in [2.45, 2.75) is 111 Å². The molecule has 0 aromatic heterocycles. The van der Waals surface area contributed by atoms with E-state index < -0.39 is 0 Å². The van der Waals surface area contributed by atoms with Crippen LogP contribution in [0.4, 0.5) is 0 Å². The molecule has 0 aromatic carbocycles. The van der Waals surface area contributed by atoms with Gasteiger partial charge >= 0.3 is 0 Å². The molecule has 8 aliphatic carbocycles. The fraction of sp³-hybridized carbons (Fsp3) is 0.561. The van der Waals surface area contributed by atoms with Crippen LogP contribution in [0.15, 0.2) is 100 Å². The van der Waals surface area contributed by atoms with Crippen LogP contribution in [0.5, 0.6) is 0 Å². The van der Waals surface area contributed by atoms with Crippen molar-refractivity contribution in [1.82, 2.24) is 0 Å². The lowest BCUT2D eigenvalue weighted by atomic mass is 9.41. The summed E-state index contributed by atoms with van der Waals surface area (Å²) in [6.07, 6.45) is 0. The van der Waals surface area contributed by atoms with Gasteiger partial charge in [-0.2, -0.15) is 0 Å². The van der Waals surface area contributed by atoms with E-state index in [4.69, 9.17) is 0 Å². The molecule has 1 fully saturated rings. The quantitative estimate of drug-likeness (QED) is 0.285. The molecule has 8 aliphatic rings. The summed E-state index contributed by atoms with van der Waals surface area (Å²) in [6.45, 7) is 40.4. The average molecular weight is 543 g/mol. The Balaban J connectivity index is 1.73. The first-order chi connectivity index (χ1) is 18.8. The van der Waals surface area contributed by atoms with Crippen molar-refractivity contribution in [2.24, 2.45) is 38.9 Å². The molecule has 0 amide bonds. The molecule has 0 radical (unpaired) electrons. The van der Waals surface area contributed by atoms with Gasteiger partial charge in [0.1, 0.15) is 0 Å². The molecule has 1 saturated carbocycles. The molecule has 0 heteroatoms. The zero-order valence-corrected chi connectivity index (χ0v) is 28.7. The van der Waals surface area contributed by atoms with Crippen molar-refractivity contribution in [3.63, 3.8) is 0 Å². The summed E-state index contributed by atoms with van der Waals surface area (Å²) in [7, 11) is 0. The normalized spacial score (nSPS) is 36.3. The Hall–Kier alpha value is -2.34. The molecule has 214 valence electrons. The topological polar surface area (TPSA) is 0 Å². The molecule has 0 N–H and O–H groups in total. The maximum Gasteiger partial charge on any atom is 0.0433 e. The van der Waals surface area contributed by atoms with Gasteiger partial charge in [0.25, 0.3) is 0 Å². The van der Waals surface area contributed by atoms with Crippen molar-refractivity contribution >= 4 is 0 Å². The van der Waals surface area contributed by atoms with Gasteiger partial charge in [-0.3, -0.25) is 0 Å². The molecule has 0 bridgehead atoms. The van der Waals surface area contributed by atoms with Crippen LogP contribution in [0.2, 0.25) is 0 Å².